The first-order valence-corrected chi connectivity index (χ1v) is 9.58. The molecule has 2 heterocycles. The molecule has 0 radical (unpaired) electrons. The van der Waals surface area contributed by atoms with Crippen LogP contribution in [-0.4, -0.2) is 42.2 Å². The first-order chi connectivity index (χ1) is 14.1. The standard InChI is InChI=1S/C22H27N3O4/c1-5-9-24(14-16-11-18(27-2)22(29-4)19(12-16)28-3)15-17-13-21(26)25-10-7-6-8-20(25)23-17/h6-8,10-13H,5,9,14-15H2,1-4H3. The van der Waals surface area contributed by atoms with Crippen molar-refractivity contribution in [3.8, 4) is 17.2 Å². The van der Waals surface area contributed by atoms with E-state index in [0.29, 0.717) is 36.0 Å². The van der Waals surface area contributed by atoms with Gasteiger partial charge >= 0.3 is 0 Å². The second kappa shape index (κ2) is 9.43. The molecule has 3 aromatic rings. The van der Waals surface area contributed by atoms with Crippen molar-refractivity contribution in [1.29, 1.82) is 0 Å². The molecule has 7 heteroatoms. The van der Waals surface area contributed by atoms with Crippen molar-refractivity contribution in [2.24, 2.45) is 0 Å². The predicted molar refractivity (Wildman–Crippen MR) is 112 cm³/mol. The van der Waals surface area contributed by atoms with Gasteiger partial charge in [0.2, 0.25) is 5.75 Å². The van der Waals surface area contributed by atoms with Crippen molar-refractivity contribution in [1.82, 2.24) is 14.3 Å². The zero-order valence-corrected chi connectivity index (χ0v) is 17.3. The summed E-state index contributed by atoms with van der Waals surface area (Å²) in [6.07, 6.45) is 2.71. The molecule has 0 saturated carbocycles. The molecule has 0 unspecified atom stereocenters. The molecular weight excluding hydrogens is 370 g/mol. The first kappa shape index (κ1) is 20.7. The smallest absolute Gasteiger partial charge is 0.258 e. The SMILES string of the molecule is CCCN(Cc1cc(OC)c(OC)c(OC)c1)Cc1cc(=O)n2ccccc2n1. The van der Waals surface area contributed by atoms with Gasteiger partial charge in [0, 0.05) is 25.4 Å². The van der Waals surface area contributed by atoms with E-state index in [1.54, 1.807) is 38.0 Å². The molecule has 0 aliphatic rings. The van der Waals surface area contributed by atoms with E-state index in [9.17, 15) is 4.79 Å². The molecule has 154 valence electrons. The molecule has 29 heavy (non-hydrogen) atoms. The highest BCUT2D eigenvalue weighted by atomic mass is 16.5. The van der Waals surface area contributed by atoms with Crippen LogP contribution in [0.1, 0.15) is 24.6 Å². The highest BCUT2D eigenvalue weighted by Crippen LogP contribution is 2.38. The van der Waals surface area contributed by atoms with Crippen LogP contribution in [0.5, 0.6) is 17.2 Å². The van der Waals surface area contributed by atoms with Crippen LogP contribution in [0, 0.1) is 0 Å². The number of pyridine rings is 1. The Kier molecular flexibility index (Phi) is 6.72. The highest BCUT2D eigenvalue weighted by molar-refractivity contribution is 5.53. The number of hydrogen-bond acceptors (Lipinski definition) is 6. The minimum atomic E-state index is -0.0742. The number of benzene rings is 1. The lowest BCUT2D eigenvalue weighted by atomic mass is 10.1. The van der Waals surface area contributed by atoms with Gasteiger partial charge in [0.05, 0.1) is 27.0 Å². The van der Waals surface area contributed by atoms with Gasteiger partial charge in [0.1, 0.15) is 5.65 Å². The molecule has 0 saturated heterocycles. The van der Waals surface area contributed by atoms with Crippen LogP contribution < -0.4 is 19.8 Å². The van der Waals surface area contributed by atoms with E-state index in [0.717, 1.165) is 24.2 Å². The van der Waals surface area contributed by atoms with Crippen LogP contribution >= 0.6 is 0 Å². The lowest BCUT2D eigenvalue weighted by molar-refractivity contribution is 0.252. The van der Waals surface area contributed by atoms with Crippen LogP contribution in [0.2, 0.25) is 0 Å². The molecule has 3 rings (SSSR count). The van der Waals surface area contributed by atoms with Crippen molar-refractivity contribution in [2.45, 2.75) is 26.4 Å². The quantitative estimate of drug-likeness (QED) is 0.553. The van der Waals surface area contributed by atoms with Crippen LogP contribution in [0.3, 0.4) is 0 Å². The Hall–Kier alpha value is -3.06. The van der Waals surface area contributed by atoms with E-state index >= 15 is 0 Å². The second-order valence-electron chi connectivity index (χ2n) is 6.76. The van der Waals surface area contributed by atoms with Gasteiger partial charge in [-0.15, -0.1) is 0 Å². The van der Waals surface area contributed by atoms with E-state index in [2.05, 4.69) is 16.8 Å². The van der Waals surface area contributed by atoms with Crippen LogP contribution in [0.15, 0.2) is 47.4 Å². The van der Waals surface area contributed by atoms with Gasteiger partial charge in [0.15, 0.2) is 11.5 Å². The Morgan fingerprint density at radius 3 is 2.34 bits per heavy atom. The molecular formula is C22H27N3O4. The van der Waals surface area contributed by atoms with E-state index in [4.69, 9.17) is 14.2 Å². The fraction of sp³-hybridized carbons (Fsp3) is 0.364. The molecule has 7 nitrogen and oxygen atoms in total. The van der Waals surface area contributed by atoms with Gasteiger partial charge in [-0.3, -0.25) is 14.1 Å². The molecule has 0 atom stereocenters. The van der Waals surface area contributed by atoms with Crippen LogP contribution in [0.4, 0.5) is 0 Å². The minimum absolute atomic E-state index is 0.0742. The van der Waals surface area contributed by atoms with E-state index < -0.39 is 0 Å². The number of rotatable bonds is 9. The van der Waals surface area contributed by atoms with Crippen molar-refractivity contribution < 1.29 is 14.2 Å². The number of aromatic nitrogens is 2. The van der Waals surface area contributed by atoms with Gasteiger partial charge in [0.25, 0.3) is 5.56 Å². The summed E-state index contributed by atoms with van der Waals surface area (Å²) in [5.74, 6) is 1.82. The second-order valence-corrected chi connectivity index (χ2v) is 6.76. The van der Waals surface area contributed by atoms with E-state index in [1.165, 1.54) is 0 Å². The zero-order chi connectivity index (χ0) is 20.8. The van der Waals surface area contributed by atoms with E-state index in [-0.39, 0.29) is 5.56 Å². The molecule has 0 bridgehead atoms. The van der Waals surface area contributed by atoms with Crippen molar-refractivity contribution >= 4 is 5.65 Å². The summed E-state index contributed by atoms with van der Waals surface area (Å²) in [5, 5.41) is 0. The fourth-order valence-corrected chi connectivity index (χ4v) is 3.43. The van der Waals surface area contributed by atoms with Crippen LogP contribution in [-0.2, 0) is 13.1 Å². The summed E-state index contributed by atoms with van der Waals surface area (Å²) in [6, 6.07) is 11.0. The topological polar surface area (TPSA) is 65.3 Å². The molecule has 0 aliphatic carbocycles. The average molecular weight is 397 g/mol. The Morgan fingerprint density at radius 2 is 1.72 bits per heavy atom. The number of fused-ring (bicyclic) bond motifs is 1. The maximum Gasteiger partial charge on any atom is 0.258 e. The maximum atomic E-state index is 12.4. The molecule has 1 aromatic carbocycles. The predicted octanol–water partition coefficient (Wildman–Crippen LogP) is 3.13. The fourth-order valence-electron chi connectivity index (χ4n) is 3.43. The average Bonchev–Trinajstić information content (AvgIpc) is 2.73. The minimum Gasteiger partial charge on any atom is -0.493 e. The number of nitrogens with zero attached hydrogens (tertiary/aromatic N) is 3. The maximum absolute atomic E-state index is 12.4. The Labute approximate surface area is 170 Å². The molecule has 2 aromatic heterocycles. The van der Waals surface area contributed by atoms with Crippen LogP contribution in [0.25, 0.3) is 5.65 Å². The monoisotopic (exact) mass is 397 g/mol. The van der Waals surface area contributed by atoms with Gasteiger partial charge in [-0.25, -0.2) is 4.98 Å². The van der Waals surface area contributed by atoms with E-state index in [1.807, 2.05) is 30.3 Å². The molecule has 0 N–H and O–H groups in total. The van der Waals surface area contributed by atoms with Gasteiger partial charge < -0.3 is 14.2 Å². The normalized spacial score (nSPS) is 11.1. The summed E-state index contributed by atoms with van der Waals surface area (Å²) < 4.78 is 17.9. The Balaban J connectivity index is 1.88. The van der Waals surface area contributed by atoms with Crippen molar-refractivity contribution in [2.75, 3.05) is 27.9 Å². The van der Waals surface area contributed by atoms with Gasteiger partial charge in [-0.1, -0.05) is 13.0 Å². The largest absolute Gasteiger partial charge is 0.493 e. The highest BCUT2D eigenvalue weighted by Gasteiger charge is 2.16. The zero-order valence-electron chi connectivity index (χ0n) is 17.3. The molecule has 0 amide bonds. The van der Waals surface area contributed by atoms with Gasteiger partial charge in [-0.05, 0) is 42.8 Å². The Bertz CT molecular complexity index is 1010. The molecule has 0 aliphatic heterocycles. The lowest BCUT2D eigenvalue weighted by Crippen LogP contribution is -2.26. The lowest BCUT2D eigenvalue weighted by Gasteiger charge is -2.23. The summed E-state index contributed by atoms with van der Waals surface area (Å²) in [4.78, 5) is 19.3. The summed E-state index contributed by atoms with van der Waals surface area (Å²) in [5.41, 5.74) is 2.36. The molecule has 0 fully saturated rings. The van der Waals surface area contributed by atoms with Crippen molar-refractivity contribution in [3.63, 3.8) is 0 Å². The number of methoxy groups -OCH3 is 3. The summed E-state index contributed by atoms with van der Waals surface area (Å²) >= 11 is 0. The Morgan fingerprint density at radius 1 is 1.00 bits per heavy atom. The summed E-state index contributed by atoms with van der Waals surface area (Å²) in [6.45, 7) is 4.24. The van der Waals surface area contributed by atoms with Gasteiger partial charge in [-0.2, -0.15) is 0 Å². The third-order valence-corrected chi connectivity index (χ3v) is 4.68. The molecule has 0 spiro atoms. The first-order valence-electron chi connectivity index (χ1n) is 9.58. The third kappa shape index (κ3) is 4.68. The number of ether oxygens (including phenoxy) is 3. The van der Waals surface area contributed by atoms with Crippen molar-refractivity contribution in [3.05, 3.63) is 64.2 Å². The third-order valence-electron chi connectivity index (χ3n) is 4.68. The summed E-state index contributed by atoms with van der Waals surface area (Å²) in [7, 11) is 4.81. The number of hydrogen-bond donors (Lipinski definition) is 0.